The summed E-state index contributed by atoms with van der Waals surface area (Å²) in [5.41, 5.74) is 1.85. The fourth-order valence-corrected chi connectivity index (χ4v) is 4.48. The number of hydrogen-bond donors (Lipinski definition) is 2. The van der Waals surface area contributed by atoms with E-state index < -0.39 is 34.4 Å². The molecule has 0 radical (unpaired) electrons. The minimum Gasteiger partial charge on any atom is -0.367 e. The van der Waals surface area contributed by atoms with Crippen molar-refractivity contribution in [3.63, 3.8) is 0 Å². The highest BCUT2D eigenvalue weighted by molar-refractivity contribution is 7.90. The van der Waals surface area contributed by atoms with Crippen LogP contribution in [0.15, 0.2) is 59.5 Å². The van der Waals surface area contributed by atoms with E-state index in [4.69, 9.17) is 4.74 Å². The zero-order chi connectivity index (χ0) is 26.8. The number of nitrogens with one attached hydrogen (secondary N) is 2. The minimum atomic E-state index is -4.45. The Morgan fingerprint density at radius 3 is 2.62 bits per heavy atom. The van der Waals surface area contributed by atoms with Gasteiger partial charge in [0.05, 0.1) is 28.8 Å². The summed E-state index contributed by atoms with van der Waals surface area (Å²) in [6.07, 6.45) is -3.33. The highest BCUT2D eigenvalue weighted by Crippen LogP contribution is 2.29. The molecule has 1 aliphatic heterocycles. The lowest BCUT2D eigenvalue weighted by Crippen LogP contribution is -2.24. The first kappa shape index (κ1) is 26.4. The van der Waals surface area contributed by atoms with E-state index in [9.17, 15) is 31.2 Å². The van der Waals surface area contributed by atoms with Gasteiger partial charge in [0.15, 0.2) is 15.7 Å². The molecule has 1 atom stereocenters. The molecule has 0 bridgehead atoms. The van der Waals surface area contributed by atoms with Crippen LogP contribution in [0.4, 0.5) is 19.0 Å². The van der Waals surface area contributed by atoms with Crippen molar-refractivity contribution in [1.29, 1.82) is 0 Å². The third kappa shape index (κ3) is 6.74. The van der Waals surface area contributed by atoms with Crippen LogP contribution >= 0.6 is 0 Å². The van der Waals surface area contributed by atoms with Crippen LogP contribution in [0, 0.1) is 5.92 Å². The summed E-state index contributed by atoms with van der Waals surface area (Å²) in [5.74, 6) is -1.05. The topological polar surface area (TPSA) is 119 Å². The molecule has 1 saturated heterocycles. The molecular weight excluding hydrogens is 513 g/mol. The van der Waals surface area contributed by atoms with Crippen LogP contribution in [0.3, 0.4) is 0 Å². The van der Waals surface area contributed by atoms with Gasteiger partial charge in [-0.05, 0) is 29.8 Å². The van der Waals surface area contributed by atoms with Crippen LogP contribution in [0.1, 0.15) is 12.0 Å². The highest BCUT2D eigenvalue weighted by Gasteiger charge is 2.29. The molecule has 0 unspecified atom stereocenters. The lowest BCUT2D eigenvalue weighted by atomic mass is 10.1. The van der Waals surface area contributed by atoms with E-state index in [0.29, 0.717) is 22.5 Å². The van der Waals surface area contributed by atoms with Crippen LogP contribution in [0.5, 0.6) is 0 Å². The number of nitrogens with zero attached hydrogens (tertiary/aromatic N) is 2. The number of rotatable bonds is 8. The number of amides is 2. The maximum absolute atomic E-state index is 12.7. The molecule has 2 heterocycles. The smallest absolute Gasteiger partial charge is 0.367 e. The fraction of sp³-hybridized carbons (Fsp3) is 0.292. The molecule has 0 aliphatic carbocycles. The minimum absolute atomic E-state index is 0.0514. The first-order valence-corrected chi connectivity index (χ1v) is 13.0. The predicted octanol–water partition coefficient (Wildman–Crippen LogP) is 3.10. The molecule has 37 heavy (non-hydrogen) atoms. The second-order valence-corrected chi connectivity index (χ2v) is 10.6. The number of hydrogen-bond acceptors (Lipinski definition) is 6. The standard InChI is InChI=1S/C24H23F3N4O5S/c1-37(34,35)19-7-3-6-18(10-19)31-20(11-21(30-31)29-23(33)17-9-22(32)28-12-17)16-5-2-4-15(8-16)13-36-14-24(25,26)27/h2-8,10-11,17H,9,12-14H2,1H3,(H,28,32)(H,29,30,33)/t17-/m0/s1. The maximum atomic E-state index is 12.7. The van der Waals surface area contributed by atoms with Gasteiger partial charge in [0.1, 0.15) is 6.61 Å². The van der Waals surface area contributed by atoms with E-state index in [1.165, 1.54) is 16.8 Å². The van der Waals surface area contributed by atoms with Crippen molar-refractivity contribution < 1.29 is 35.9 Å². The number of halogens is 3. The number of sulfone groups is 1. The lowest BCUT2D eigenvalue weighted by Gasteiger charge is -2.11. The van der Waals surface area contributed by atoms with Gasteiger partial charge in [-0.25, -0.2) is 13.1 Å². The molecule has 2 aromatic carbocycles. The average Bonchev–Trinajstić information content (AvgIpc) is 3.44. The van der Waals surface area contributed by atoms with E-state index in [1.54, 1.807) is 42.5 Å². The van der Waals surface area contributed by atoms with Crippen molar-refractivity contribution in [3.8, 4) is 16.9 Å². The Morgan fingerprint density at radius 1 is 1.19 bits per heavy atom. The van der Waals surface area contributed by atoms with Gasteiger partial charge in [-0.3, -0.25) is 9.59 Å². The third-order valence-corrected chi connectivity index (χ3v) is 6.67. The highest BCUT2D eigenvalue weighted by atomic mass is 32.2. The number of anilines is 1. The molecule has 1 aromatic heterocycles. The van der Waals surface area contributed by atoms with Gasteiger partial charge in [0, 0.05) is 30.9 Å². The number of benzene rings is 2. The quantitative estimate of drug-likeness (QED) is 0.457. The van der Waals surface area contributed by atoms with Gasteiger partial charge in [-0.15, -0.1) is 5.10 Å². The summed E-state index contributed by atoms with van der Waals surface area (Å²) in [5, 5.41) is 9.72. The predicted molar refractivity (Wildman–Crippen MR) is 128 cm³/mol. The summed E-state index contributed by atoms with van der Waals surface area (Å²) >= 11 is 0. The Bertz CT molecular complexity index is 1440. The molecule has 0 saturated carbocycles. The van der Waals surface area contributed by atoms with Gasteiger partial charge in [-0.2, -0.15) is 13.2 Å². The molecule has 2 amide bonds. The first-order chi connectivity index (χ1) is 17.4. The Labute approximate surface area is 210 Å². The normalized spacial score (nSPS) is 16.0. The molecular formula is C24H23F3N4O5S. The molecule has 0 spiro atoms. The van der Waals surface area contributed by atoms with E-state index in [-0.39, 0.29) is 36.2 Å². The lowest BCUT2D eigenvalue weighted by molar-refractivity contribution is -0.176. The van der Waals surface area contributed by atoms with E-state index >= 15 is 0 Å². The summed E-state index contributed by atoms with van der Waals surface area (Å²) in [7, 11) is -3.53. The average molecular weight is 537 g/mol. The molecule has 1 fully saturated rings. The second-order valence-electron chi connectivity index (χ2n) is 8.60. The first-order valence-electron chi connectivity index (χ1n) is 11.1. The van der Waals surface area contributed by atoms with Crippen LogP contribution in [-0.4, -0.2) is 55.6 Å². The van der Waals surface area contributed by atoms with Crippen LogP contribution in [0.2, 0.25) is 0 Å². The number of aromatic nitrogens is 2. The van der Waals surface area contributed by atoms with Crippen molar-refractivity contribution in [2.45, 2.75) is 24.1 Å². The van der Waals surface area contributed by atoms with E-state index in [2.05, 4.69) is 15.7 Å². The Hall–Kier alpha value is -3.71. The van der Waals surface area contributed by atoms with Gasteiger partial charge in [0.25, 0.3) is 0 Å². The number of carbonyl (C=O) groups excluding carboxylic acids is 2. The summed E-state index contributed by atoms with van der Waals surface area (Å²) in [6, 6.07) is 14.2. The van der Waals surface area contributed by atoms with Crippen molar-refractivity contribution in [2.75, 3.05) is 24.7 Å². The summed E-state index contributed by atoms with van der Waals surface area (Å²) in [4.78, 5) is 24.2. The molecule has 1 aliphatic rings. The molecule has 196 valence electrons. The van der Waals surface area contributed by atoms with Crippen LogP contribution in [-0.2, 0) is 30.8 Å². The third-order valence-electron chi connectivity index (χ3n) is 5.56. The molecule has 3 aromatic rings. The van der Waals surface area contributed by atoms with Crippen molar-refractivity contribution in [2.24, 2.45) is 5.92 Å². The van der Waals surface area contributed by atoms with Crippen LogP contribution in [0.25, 0.3) is 16.9 Å². The summed E-state index contributed by atoms with van der Waals surface area (Å²) < 4.78 is 67.8. The fourth-order valence-electron chi connectivity index (χ4n) is 3.81. The molecule has 13 heteroatoms. The number of carbonyl (C=O) groups is 2. The monoisotopic (exact) mass is 536 g/mol. The Balaban J connectivity index is 1.70. The van der Waals surface area contributed by atoms with E-state index in [0.717, 1.165) is 6.26 Å². The van der Waals surface area contributed by atoms with Crippen molar-refractivity contribution >= 4 is 27.5 Å². The molecule has 2 N–H and O–H groups in total. The van der Waals surface area contributed by atoms with E-state index in [1.807, 2.05) is 0 Å². The molecule has 4 rings (SSSR count). The van der Waals surface area contributed by atoms with Gasteiger partial charge in [-0.1, -0.05) is 24.3 Å². The maximum Gasteiger partial charge on any atom is 0.411 e. The largest absolute Gasteiger partial charge is 0.411 e. The van der Waals surface area contributed by atoms with Gasteiger partial charge in [0.2, 0.25) is 11.8 Å². The van der Waals surface area contributed by atoms with Crippen molar-refractivity contribution in [3.05, 3.63) is 60.2 Å². The summed E-state index contributed by atoms with van der Waals surface area (Å²) in [6.45, 7) is -1.46. The molecule has 9 nitrogen and oxygen atoms in total. The SMILES string of the molecule is CS(=O)(=O)c1cccc(-n2nc(NC(=O)[C@@H]3CNC(=O)C3)cc2-c2cccc(COCC(F)(F)F)c2)c1. The second kappa shape index (κ2) is 10.3. The zero-order valence-electron chi connectivity index (χ0n) is 19.6. The number of alkyl halides is 3. The Morgan fingerprint density at radius 2 is 1.95 bits per heavy atom. The van der Waals surface area contributed by atoms with Gasteiger partial charge < -0.3 is 15.4 Å². The van der Waals surface area contributed by atoms with Crippen molar-refractivity contribution in [1.82, 2.24) is 15.1 Å². The number of ether oxygens (including phenoxy) is 1. The van der Waals surface area contributed by atoms with Crippen LogP contribution < -0.4 is 10.6 Å². The zero-order valence-corrected chi connectivity index (χ0v) is 20.4. The van der Waals surface area contributed by atoms with Gasteiger partial charge >= 0.3 is 6.18 Å². The Kier molecular flexibility index (Phi) is 7.37.